The van der Waals surface area contributed by atoms with E-state index in [0.717, 1.165) is 31.4 Å². The van der Waals surface area contributed by atoms with E-state index in [4.69, 9.17) is 4.74 Å². The molecule has 1 amide bonds. The van der Waals surface area contributed by atoms with Crippen LogP contribution in [-0.4, -0.2) is 13.0 Å². The van der Waals surface area contributed by atoms with Gasteiger partial charge in [-0.25, -0.2) is 4.39 Å². The summed E-state index contributed by atoms with van der Waals surface area (Å²) in [5, 5.41) is 2.85. The van der Waals surface area contributed by atoms with Crippen molar-refractivity contribution in [3.05, 3.63) is 59.9 Å². The first kappa shape index (κ1) is 17.5. The van der Waals surface area contributed by atoms with Crippen molar-refractivity contribution in [2.45, 2.75) is 38.0 Å². The Balaban J connectivity index is 1.48. The Morgan fingerprint density at radius 2 is 1.84 bits per heavy atom. The minimum absolute atomic E-state index is 0.0106. The minimum Gasteiger partial charge on any atom is -0.497 e. The Kier molecular flexibility index (Phi) is 5.69. The molecule has 3 rings (SSSR count). The highest BCUT2D eigenvalue weighted by molar-refractivity contribution is 5.90. The molecule has 0 saturated heterocycles. The van der Waals surface area contributed by atoms with Crippen LogP contribution in [-0.2, 0) is 4.79 Å². The van der Waals surface area contributed by atoms with Gasteiger partial charge in [0.2, 0.25) is 5.91 Å². The lowest BCUT2D eigenvalue weighted by Crippen LogP contribution is -2.20. The van der Waals surface area contributed by atoms with E-state index in [-0.39, 0.29) is 11.7 Å². The Labute approximate surface area is 148 Å². The van der Waals surface area contributed by atoms with Gasteiger partial charge in [0.05, 0.1) is 7.11 Å². The van der Waals surface area contributed by atoms with Gasteiger partial charge >= 0.3 is 0 Å². The molecule has 3 nitrogen and oxygen atoms in total. The van der Waals surface area contributed by atoms with E-state index < -0.39 is 0 Å². The number of nitrogens with one attached hydrogen (secondary N) is 1. The summed E-state index contributed by atoms with van der Waals surface area (Å²) < 4.78 is 18.2. The molecule has 0 bridgehead atoms. The van der Waals surface area contributed by atoms with E-state index >= 15 is 0 Å². The summed E-state index contributed by atoms with van der Waals surface area (Å²) in [7, 11) is 1.69. The second-order valence-corrected chi connectivity index (χ2v) is 6.75. The van der Waals surface area contributed by atoms with Gasteiger partial charge in [-0.3, -0.25) is 4.79 Å². The SMILES string of the molecule is COc1cccc([C@H]2CC[C@H](CC(=O)Nc3ccc(F)cc3)CC2)c1. The molecule has 1 aliphatic rings. The average molecular weight is 341 g/mol. The molecule has 0 radical (unpaired) electrons. The van der Waals surface area contributed by atoms with E-state index in [9.17, 15) is 9.18 Å². The fourth-order valence-corrected chi connectivity index (χ4v) is 3.60. The lowest BCUT2D eigenvalue weighted by Gasteiger charge is -2.28. The number of anilines is 1. The molecule has 2 aromatic rings. The van der Waals surface area contributed by atoms with Gasteiger partial charge < -0.3 is 10.1 Å². The summed E-state index contributed by atoms with van der Waals surface area (Å²) in [6.07, 6.45) is 4.84. The maximum Gasteiger partial charge on any atom is 0.224 e. The number of hydrogen-bond donors (Lipinski definition) is 1. The van der Waals surface area contributed by atoms with Gasteiger partial charge in [0, 0.05) is 12.1 Å². The fraction of sp³-hybridized carbons (Fsp3) is 0.381. The van der Waals surface area contributed by atoms with Crippen LogP contribution in [0.25, 0.3) is 0 Å². The standard InChI is InChI=1S/C21H24FNO2/c1-25-20-4-2-3-17(14-20)16-7-5-15(6-8-16)13-21(24)23-19-11-9-18(22)10-12-19/h2-4,9-12,14-16H,5-8,13H2,1H3,(H,23,24)/t15-,16-. The lowest BCUT2D eigenvalue weighted by atomic mass is 9.77. The minimum atomic E-state index is -0.297. The second-order valence-electron chi connectivity index (χ2n) is 6.75. The van der Waals surface area contributed by atoms with Crippen molar-refractivity contribution in [2.24, 2.45) is 5.92 Å². The smallest absolute Gasteiger partial charge is 0.224 e. The number of amides is 1. The summed E-state index contributed by atoms with van der Waals surface area (Å²) in [5.41, 5.74) is 1.98. The van der Waals surface area contributed by atoms with Gasteiger partial charge in [-0.2, -0.15) is 0 Å². The molecule has 1 aliphatic carbocycles. The van der Waals surface area contributed by atoms with E-state index in [1.54, 1.807) is 19.2 Å². The first-order valence-electron chi connectivity index (χ1n) is 8.83. The molecule has 1 fully saturated rings. The van der Waals surface area contributed by atoms with Crippen LogP contribution in [0.3, 0.4) is 0 Å². The third-order valence-electron chi connectivity index (χ3n) is 5.01. The van der Waals surface area contributed by atoms with Crippen molar-refractivity contribution in [2.75, 3.05) is 12.4 Å². The number of methoxy groups -OCH3 is 1. The quantitative estimate of drug-likeness (QED) is 0.818. The van der Waals surface area contributed by atoms with Gasteiger partial charge in [-0.1, -0.05) is 12.1 Å². The van der Waals surface area contributed by atoms with Gasteiger partial charge in [0.15, 0.2) is 0 Å². The predicted molar refractivity (Wildman–Crippen MR) is 97.3 cm³/mol. The van der Waals surface area contributed by atoms with Crippen molar-refractivity contribution < 1.29 is 13.9 Å². The number of ether oxygens (including phenoxy) is 1. The highest BCUT2D eigenvalue weighted by atomic mass is 19.1. The molecule has 0 aliphatic heterocycles. The molecule has 1 N–H and O–H groups in total. The molecule has 4 heteroatoms. The Morgan fingerprint density at radius 1 is 1.12 bits per heavy atom. The average Bonchev–Trinajstić information content (AvgIpc) is 2.64. The molecule has 0 spiro atoms. The zero-order valence-corrected chi connectivity index (χ0v) is 14.5. The molecule has 0 aromatic heterocycles. The van der Waals surface area contributed by atoms with Crippen LogP contribution in [0.1, 0.15) is 43.6 Å². The van der Waals surface area contributed by atoms with E-state index in [1.165, 1.54) is 17.7 Å². The number of carbonyl (C=O) groups excluding carboxylic acids is 1. The van der Waals surface area contributed by atoms with Crippen LogP contribution in [0, 0.1) is 11.7 Å². The number of hydrogen-bond acceptors (Lipinski definition) is 2. The van der Waals surface area contributed by atoms with Gasteiger partial charge in [0.1, 0.15) is 11.6 Å². The van der Waals surface area contributed by atoms with Crippen molar-refractivity contribution in [3.8, 4) is 5.75 Å². The normalized spacial score (nSPS) is 20.1. The summed E-state index contributed by atoms with van der Waals surface area (Å²) in [4.78, 5) is 12.2. The maximum atomic E-state index is 12.9. The molecule has 132 valence electrons. The highest BCUT2D eigenvalue weighted by Crippen LogP contribution is 2.38. The topological polar surface area (TPSA) is 38.3 Å². The number of halogens is 1. The van der Waals surface area contributed by atoms with Crippen LogP contribution in [0.15, 0.2) is 48.5 Å². The van der Waals surface area contributed by atoms with Crippen LogP contribution < -0.4 is 10.1 Å². The van der Waals surface area contributed by atoms with Gasteiger partial charge in [-0.15, -0.1) is 0 Å². The molecular formula is C21H24FNO2. The van der Waals surface area contributed by atoms with Gasteiger partial charge in [-0.05, 0) is 79.5 Å². The molecular weight excluding hydrogens is 317 g/mol. The summed E-state index contributed by atoms with van der Waals surface area (Å²) in [6.45, 7) is 0. The van der Waals surface area contributed by atoms with Crippen LogP contribution in [0.5, 0.6) is 5.75 Å². The third-order valence-corrected chi connectivity index (χ3v) is 5.01. The Bertz CT molecular complexity index is 706. The largest absolute Gasteiger partial charge is 0.497 e. The van der Waals surface area contributed by atoms with Crippen LogP contribution in [0.2, 0.25) is 0 Å². The maximum absolute atomic E-state index is 12.9. The van der Waals surface area contributed by atoms with E-state index in [2.05, 4.69) is 17.4 Å². The summed E-state index contributed by atoms with van der Waals surface area (Å²) >= 11 is 0. The highest BCUT2D eigenvalue weighted by Gasteiger charge is 2.24. The van der Waals surface area contributed by atoms with Crippen molar-refractivity contribution >= 4 is 11.6 Å². The Morgan fingerprint density at radius 3 is 2.52 bits per heavy atom. The van der Waals surface area contributed by atoms with Gasteiger partial charge in [0.25, 0.3) is 0 Å². The first-order chi connectivity index (χ1) is 12.1. The Hall–Kier alpha value is -2.36. The molecule has 0 atom stereocenters. The zero-order chi connectivity index (χ0) is 17.6. The predicted octanol–water partition coefficient (Wildman–Crippen LogP) is 5.14. The second kappa shape index (κ2) is 8.15. The molecule has 0 heterocycles. The lowest BCUT2D eigenvalue weighted by molar-refractivity contribution is -0.117. The molecule has 2 aromatic carbocycles. The number of rotatable bonds is 5. The molecule has 1 saturated carbocycles. The number of carbonyl (C=O) groups is 1. The number of benzene rings is 2. The van der Waals surface area contributed by atoms with Crippen molar-refractivity contribution in [1.29, 1.82) is 0 Å². The van der Waals surface area contributed by atoms with Crippen LogP contribution >= 0.6 is 0 Å². The first-order valence-corrected chi connectivity index (χ1v) is 8.83. The third kappa shape index (κ3) is 4.81. The zero-order valence-electron chi connectivity index (χ0n) is 14.5. The summed E-state index contributed by atoms with van der Waals surface area (Å²) in [5.74, 6) is 1.58. The fourth-order valence-electron chi connectivity index (χ4n) is 3.60. The van der Waals surface area contributed by atoms with Crippen molar-refractivity contribution in [1.82, 2.24) is 0 Å². The van der Waals surface area contributed by atoms with Crippen molar-refractivity contribution in [3.63, 3.8) is 0 Å². The monoisotopic (exact) mass is 341 g/mol. The molecule has 25 heavy (non-hydrogen) atoms. The van der Waals surface area contributed by atoms with E-state index in [0.29, 0.717) is 23.9 Å². The summed E-state index contributed by atoms with van der Waals surface area (Å²) in [6, 6.07) is 14.2. The van der Waals surface area contributed by atoms with Crippen LogP contribution in [0.4, 0.5) is 10.1 Å². The molecule has 0 unspecified atom stereocenters. The van der Waals surface area contributed by atoms with E-state index in [1.807, 2.05) is 12.1 Å².